The van der Waals surface area contributed by atoms with Crippen LogP contribution in [-0.4, -0.2) is 29.4 Å². The van der Waals surface area contributed by atoms with Gasteiger partial charge in [-0.15, -0.1) is 0 Å². The molecular weight excluding hydrogens is 278 g/mol. The number of benzene rings is 1. The lowest BCUT2D eigenvalue weighted by molar-refractivity contribution is -0.113. The fourth-order valence-electron chi connectivity index (χ4n) is 1.12. The number of carbonyl (C=O) groups is 2. The lowest BCUT2D eigenvalue weighted by Gasteiger charge is -2.08. The van der Waals surface area contributed by atoms with Crippen molar-refractivity contribution in [1.82, 2.24) is 0 Å². The first-order chi connectivity index (χ1) is 7.58. The van der Waals surface area contributed by atoms with Crippen LogP contribution in [0.2, 0.25) is 0 Å². The first-order valence-corrected chi connectivity index (χ1v) is 5.47. The van der Waals surface area contributed by atoms with Gasteiger partial charge in [-0.1, -0.05) is 15.9 Å². The highest BCUT2D eigenvalue weighted by Crippen LogP contribution is 2.22. The molecule has 0 saturated carbocycles. The average Bonchev–Trinajstić information content (AvgIpc) is 2.29. The Kier molecular flexibility index (Phi) is 4.30. The van der Waals surface area contributed by atoms with E-state index in [2.05, 4.69) is 21.2 Å². The molecule has 0 aliphatic heterocycles. The Labute approximate surface area is 101 Å². The van der Waals surface area contributed by atoms with Gasteiger partial charge in [-0.25, -0.2) is 4.79 Å². The summed E-state index contributed by atoms with van der Waals surface area (Å²) >= 11 is 2.98. The van der Waals surface area contributed by atoms with Gasteiger partial charge < -0.3 is 15.2 Å². The molecule has 86 valence electrons. The summed E-state index contributed by atoms with van der Waals surface area (Å²) in [5.74, 6) is -1.01. The minimum absolute atomic E-state index is 0.00588. The van der Waals surface area contributed by atoms with E-state index in [1.165, 1.54) is 19.2 Å². The smallest absolute Gasteiger partial charge is 0.337 e. The normalized spacial score (nSPS) is 9.62. The van der Waals surface area contributed by atoms with Crippen molar-refractivity contribution in [3.05, 3.63) is 23.8 Å². The summed E-state index contributed by atoms with van der Waals surface area (Å²) in [5.41, 5.74) is 0.242. The van der Waals surface area contributed by atoms with E-state index in [9.17, 15) is 9.59 Å². The van der Waals surface area contributed by atoms with Gasteiger partial charge in [0.1, 0.15) is 5.75 Å². The van der Waals surface area contributed by atoms with E-state index in [-0.39, 0.29) is 22.5 Å². The maximum absolute atomic E-state index is 11.1. The molecule has 0 unspecified atom stereocenters. The quantitative estimate of drug-likeness (QED) is 0.827. The predicted molar refractivity (Wildman–Crippen MR) is 62.4 cm³/mol. The molecule has 0 aliphatic carbocycles. The number of anilines is 1. The van der Waals surface area contributed by atoms with Crippen LogP contribution in [0.4, 0.5) is 5.69 Å². The molecule has 0 aromatic heterocycles. The highest BCUT2D eigenvalue weighted by molar-refractivity contribution is 9.09. The van der Waals surface area contributed by atoms with Crippen LogP contribution < -0.4 is 10.1 Å². The van der Waals surface area contributed by atoms with E-state index < -0.39 is 5.97 Å². The lowest BCUT2D eigenvalue weighted by Crippen LogP contribution is -2.15. The second-order valence-corrected chi connectivity index (χ2v) is 3.46. The fraction of sp³-hybridized carbons (Fsp3) is 0.200. The largest absolute Gasteiger partial charge is 0.497 e. The molecule has 1 aromatic carbocycles. The molecule has 0 radical (unpaired) electrons. The van der Waals surface area contributed by atoms with Crippen molar-refractivity contribution >= 4 is 33.5 Å². The number of halogens is 1. The molecule has 5 nitrogen and oxygen atoms in total. The number of nitrogens with one attached hydrogen (secondary N) is 1. The Morgan fingerprint density at radius 2 is 2.19 bits per heavy atom. The number of carboxylic acids is 1. The van der Waals surface area contributed by atoms with Crippen LogP contribution >= 0.6 is 15.9 Å². The minimum Gasteiger partial charge on any atom is -0.497 e. The van der Waals surface area contributed by atoms with Crippen LogP contribution in [0.15, 0.2) is 18.2 Å². The monoisotopic (exact) mass is 287 g/mol. The van der Waals surface area contributed by atoms with Gasteiger partial charge in [0.2, 0.25) is 5.91 Å². The Bertz CT molecular complexity index is 419. The summed E-state index contributed by atoms with van der Waals surface area (Å²) in [4.78, 5) is 22.1. The third-order valence-electron chi connectivity index (χ3n) is 1.85. The predicted octanol–water partition coefficient (Wildman–Crippen LogP) is 1.73. The maximum Gasteiger partial charge on any atom is 0.337 e. The highest BCUT2D eigenvalue weighted by atomic mass is 79.9. The molecule has 1 aromatic rings. The zero-order valence-corrected chi connectivity index (χ0v) is 10.1. The number of amides is 1. The molecule has 0 heterocycles. The van der Waals surface area contributed by atoms with Gasteiger partial charge in [0, 0.05) is 0 Å². The molecule has 6 heteroatoms. The summed E-state index contributed by atoms with van der Waals surface area (Å²) in [5, 5.41) is 11.5. The molecular formula is C10H10BrNO4. The van der Waals surface area contributed by atoms with Gasteiger partial charge in [0.05, 0.1) is 23.7 Å². The Morgan fingerprint density at radius 1 is 1.50 bits per heavy atom. The maximum atomic E-state index is 11.1. The van der Waals surface area contributed by atoms with Crippen molar-refractivity contribution < 1.29 is 19.4 Å². The Hall–Kier alpha value is -1.56. The highest BCUT2D eigenvalue weighted by Gasteiger charge is 2.13. The Balaban J connectivity index is 3.08. The summed E-state index contributed by atoms with van der Waals surface area (Å²) < 4.78 is 4.91. The van der Waals surface area contributed by atoms with Gasteiger partial charge in [-0.05, 0) is 18.2 Å². The molecule has 0 atom stereocenters. The standard InChI is InChI=1S/C10H10BrNO4/c1-16-6-2-3-8(12-9(13)5-11)7(4-6)10(14)15/h2-4H,5H2,1H3,(H,12,13)(H,14,15). The van der Waals surface area contributed by atoms with Crippen molar-refractivity contribution in [3.63, 3.8) is 0 Å². The number of ether oxygens (including phenoxy) is 1. The average molecular weight is 288 g/mol. The minimum atomic E-state index is -1.12. The second kappa shape index (κ2) is 5.50. The van der Waals surface area contributed by atoms with Crippen molar-refractivity contribution in [2.24, 2.45) is 0 Å². The van der Waals surface area contributed by atoms with Gasteiger partial charge >= 0.3 is 5.97 Å². The van der Waals surface area contributed by atoms with E-state index in [0.717, 1.165) is 0 Å². The van der Waals surface area contributed by atoms with E-state index in [4.69, 9.17) is 9.84 Å². The van der Waals surface area contributed by atoms with Crippen LogP contribution in [0, 0.1) is 0 Å². The number of carbonyl (C=O) groups excluding carboxylic acids is 1. The number of hydrogen-bond acceptors (Lipinski definition) is 3. The van der Waals surface area contributed by atoms with Crippen molar-refractivity contribution in [2.45, 2.75) is 0 Å². The van der Waals surface area contributed by atoms with Gasteiger partial charge in [0.15, 0.2) is 0 Å². The van der Waals surface area contributed by atoms with Crippen LogP contribution in [0.1, 0.15) is 10.4 Å². The number of carboxylic acid groups (broad SMARTS) is 1. The van der Waals surface area contributed by atoms with Crippen molar-refractivity contribution in [3.8, 4) is 5.75 Å². The van der Waals surface area contributed by atoms with Crippen molar-refractivity contribution in [2.75, 3.05) is 17.8 Å². The summed E-state index contributed by atoms with van der Waals surface area (Å²) in [6.45, 7) is 0. The molecule has 0 saturated heterocycles. The van der Waals surface area contributed by atoms with Gasteiger partial charge in [-0.2, -0.15) is 0 Å². The van der Waals surface area contributed by atoms with E-state index >= 15 is 0 Å². The number of methoxy groups -OCH3 is 1. The third-order valence-corrected chi connectivity index (χ3v) is 2.36. The molecule has 0 spiro atoms. The molecule has 0 aliphatic rings. The SMILES string of the molecule is COc1ccc(NC(=O)CBr)c(C(=O)O)c1. The van der Waals surface area contributed by atoms with Crippen LogP contribution in [0.3, 0.4) is 0 Å². The second-order valence-electron chi connectivity index (χ2n) is 2.90. The first-order valence-electron chi connectivity index (χ1n) is 4.35. The van der Waals surface area contributed by atoms with E-state index in [0.29, 0.717) is 5.75 Å². The molecule has 1 amide bonds. The summed E-state index contributed by atoms with van der Waals surface area (Å²) in [6, 6.07) is 4.42. The molecule has 0 bridgehead atoms. The number of hydrogen-bond donors (Lipinski definition) is 2. The number of alkyl halides is 1. The molecule has 0 fully saturated rings. The summed E-state index contributed by atoms with van der Waals surface area (Å²) in [7, 11) is 1.44. The van der Waals surface area contributed by atoms with Crippen LogP contribution in [-0.2, 0) is 4.79 Å². The zero-order chi connectivity index (χ0) is 12.1. The number of aromatic carboxylic acids is 1. The zero-order valence-electron chi connectivity index (χ0n) is 8.49. The molecule has 1 rings (SSSR count). The number of rotatable bonds is 4. The topological polar surface area (TPSA) is 75.6 Å². The van der Waals surface area contributed by atoms with Crippen molar-refractivity contribution in [1.29, 1.82) is 0 Å². The lowest BCUT2D eigenvalue weighted by atomic mass is 10.1. The molecule has 2 N–H and O–H groups in total. The Morgan fingerprint density at radius 3 is 2.69 bits per heavy atom. The third kappa shape index (κ3) is 2.96. The van der Waals surface area contributed by atoms with E-state index in [1.807, 2.05) is 0 Å². The molecule has 16 heavy (non-hydrogen) atoms. The summed E-state index contributed by atoms with van der Waals surface area (Å²) in [6.07, 6.45) is 0. The van der Waals surface area contributed by atoms with Gasteiger partial charge in [-0.3, -0.25) is 4.79 Å². The van der Waals surface area contributed by atoms with E-state index in [1.54, 1.807) is 6.07 Å². The van der Waals surface area contributed by atoms with Crippen LogP contribution in [0.25, 0.3) is 0 Å². The van der Waals surface area contributed by atoms with Gasteiger partial charge in [0.25, 0.3) is 0 Å². The fourth-order valence-corrected chi connectivity index (χ4v) is 1.26. The van der Waals surface area contributed by atoms with Crippen LogP contribution in [0.5, 0.6) is 5.75 Å². The first kappa shape index (κ1) is 12.5.